The molecule has 0 saturated carbocycles. The normalized spacial score (nSPS) is 10.9. The minimum atomic E-state index is -0.326. The summed E-state index contributed by atoms with van der Waals surface area (Å²) in [5.41, 5.74) is 1.19. The second-order valence-corrected chi connectivity index (χ2v) is 3.89. The maximum absolute atomic E-state index is 11.9. The van der Waals surface area contributed by atoms with Crippen molar-refractivity contribution >= 4 is 11.6 Å². The molecular formula is C12H12N4O. The minimum absolute atomic E-state index is 0.142. The van der Waals surface area contributed by atoms with E-state index < -0.39 is 0 Å². The van der Waals surface area contributed by atoms with Crippen LogP contribution in [0.5, 0.6) is 0 Å². The summed E-state index contributed by atoms with van der Waals surface area (Å²) in [5, 5.41) is 11.8. The van der Waals surface area contributed by atoms with E-state index >= 15 is 0 Å². The molecule has 17 heavy (non-hydrogen) atoms. The highest BCUT2D eigenvalue weighted by Gasteiger charge is 2.08. The van der Waals surface area contributed by atoms with Crippen LogP contribution < -0.4 is 5.56 Å². The molecule has 0 radical (unpaired) electrons. The average molecular weight is 228 g/mol. The van der Waals surface area contributed by atoms with Crippen molar-refractivity contribution in [2.75, 3.05) is 14.1 Å². The topological polar surface area (TPSA) is 64.3 Å². The van der Waals surface area contributed by atoms with Crippen molar-refractivity contribution in [2.45, 2.75) is 0 Å². The Hall–Kier alpha value is -2.48. The molecule has 0 aliphatic rings. The zero-order valence-corrected chi connectivity index (χ0v) is 9.64. The van der Waals surface area contributed by atoms with E-state index in [1.165, 1.54) is 4.52 Å². The van der Waals surface area contributed by atoms with Gasteiger partial charge in [0.1, 0.15) is 11.6 Å². The van der Waals surface area contributed by atoms with Crippen molar-refractivity contribution in [2.24, 2.45) is 0 Å². The van der Waals surface area contributed by atoms with E-state index in [4.69, 9.17) is 5.26 Å². The SMILES string of the molecule is CN(C)C=Cc1cc2cc[nH]n2c(=O)c1C#N. The molecule has 0 spiro atoms. The van der Waals surface area contributed by atoms with Gasteiger partial charge in [-0.05, 0) is 24.4 Å². The Morgan fingerprint density at radius 2 is 2.29 bits per heavy atom. The zero-order chi connectivity index (χ0) is 12.4. The summed E-state index contributed by atoms with van der Waals surface area (Å²) < 4.78 is 1.35. The lowest BCUT2D eigenvalue weighted by Gasteiger charge is -2.04. The van der Waals surface area contributed by atoms with E-state index in [0.717, 1.165) is 5.52 Å². The Bertz CT molecular complexity index is 670. The Morgan fingerprint density at radius 3 is 2.94 bits per heavy atom. The lowest BCUT2D eigenvalue weighted by Crippen LogP contribution is -2.18. The number of hydrogen-bond acceptors (Lipinski definition) is 3. The van der Waals surface area contributed by atoms with E-state index in [2.05, 4.69) is 5.10 Å². The largest absolute Gasteiger partial charge is 0.383 e. The molecule has 0 fully saturated rings. The molecule has 0 saturated heterocycles. The average Bonchev–Trinajstić information content (AvgIpc) is 2.74. The second kappa shape index (κ2) is 4.18. The molecule has 2 aromatic rings. The lowest BCUT2D eigenvalue weighted by molar-refractivity contribution is 0.567. The number of H-pyrrole nitrogens is 1. The van der Waals surface area contributed by atoms with Gasteiger partial charge in [0.25, 0.3) is 5.56 Å². The summed E-state index contributed by atoms with van der Waals surface area (Å²) in [6.07, 6.45) is 5.23. The molecule has 2 heterocycles. The number of aromatic amines is 1. The first-order valence-corrected chi connectivity index (χ1v) is 5.11. The van der Waals surface area contributed by atoms with Crippen LogP contribution in [0.3, 0.4) is 0 Å². The predicted octanol–water partition coefficient (Wildman–Crippen LogP) is 1.03. The van der Waals surface area contributed by atoms with Crippen molar-refractivity contribution in [1.29, 1.82) is 5.26 Å². The van der Waals surface area contributed by atoms with E-state index in [9.17, 15) is 4.79 Å². The smallest absolute Gasteiger partial charge is 0.288 e. The molecule has 0 atom stereocenters. The highest BCUT2D eigenvalue weighted by Crippen LogP contribution is 2.10. The number of nitrogens with one attached hydrogen (secondary N) is 1. The highest BCUT2D eigenvalue weighted by molar-refractivity contribution is 5.64. The minimum Gasteiger partial charge on any atom is -0.383 e. The van der Waals surface area contributed by atoms with Gasteiger partial charge in [-0.15, -0.1) is 0 Å². The fourth-order valence-electron chi connectivity index (χ4n) is 1.57. The van der Waals surface area contributed by atoms with Crippen LogP contribution in [0.4, 0.5) is 0 Å². The summed E-state index contributed by atoms with van der Waals surface area (Å²) in [4.78, 5) is 13.8. The Kier molecular flexibility index (Phi) is 2.71. The van der Waals surface area contributed by atoms with Gasteiger partial charge in [0, 0.05) is 25.9 Å². The van der Waals surface area contributed by atoms with E-state index in [1.54, 1.807) is 30.6 Å². The van der Waals surface area contributed by atoms with E-state index in [-0.39, 0.29) is 11.1 Å². The number of aromatic nitrogens is 2. The number of rotatable bonds is 2. The zero-order valence-electron chi connectivity index (χ0n) is 9.64. The van der Waals surface area contributed by atoms with Crippen LogP contribution in [-0.2, 0) is 0 Å². The summed E-state index contributed by atoms with van der Waals surface area (Å²) >= 11 is 0. The third-order valence-electron chi connectivity index (χ3n) is 2.39. The molecule has 0 bridgehead atoms. The number of nitrogens with zero attached hydrogens (tertiary/aromatic N) is 3. The Balaban J connectivity index is 2.70. The van der Waals surface area contributed by atoms with Gasteiger partial charge in [0.2, 0.25) is 0 Å². The van der Waals surface area contributed by atoms with Gasteiger partial charge < -0.3 is 4.90 Å². The summed E-state index contributed by atoms with van der Waals surface area (Å²) in [5.74, 6) is 0. The van der Waals surface area contributed by atoms with Crippen LogP contribution in [0, 0.1) is 11.3 Å². The van der Waals surface area contributed by atoms with Crippen molar-refractivity contribution < 1.29 is 0 Å². The molecule has 0 amide bonds. The summed E-state index contributed by atoms with van der Waals surface area (Å²) in [6.45, 7) is 0. The van der Waals surface area contributed by atoms with Crippen LogP contribution in [0.2, 0.25) is 0 Å². The maximum Gasteiger partial charge on any atom is 0.288 e. The molecule has 86 valence electrons. The van der Waals surface area contributed by atoms with E-state index in [1.807, 2.05) is 25.1 Å². The quantitative estimate of drug-likeness (QED) is 0.835. The van der Waals surface area contributed by atoms with Gasteiger partial charge in [-0.3, -0.25) is 9.89 Å². The van der Waals surface area contributed by atoms with Crippen LogP contribution in [0.15, 0.2) is 29.3 Å². The monoisotopic (exact) mass is 228 g/mol. The van der Waals surface area contributed by atoms with Gasteiger partial charge in [0.05, 0.1) is 5.52 Å². The first kappa shape index (κ1) is 11.0. The third kappa shape index (κ3) is 1.93. The predicted molar refractivity (Wildman–Crippen MR) is 65.5 cm³/mol. The maximum atomic E-state index is 11.9. The standard InChI is InChI=1S/C12H12N4O/c1-15(2)6-4-9-7-10-3-5-14-16(10)12(17)11(9)8-13/h3-7,14H,1-2H3. The van der Waals surface area contributed by atoms with Crippen LogP contribution >= 0.6 is 0 Å². The fourth-order valence-corrected chi connectivity index (χ4v) is 1.57. The highest BCUT2D eigenvalue weighted by atomic mass is 16.1. The summed E-state index contributed by atoms with van der Waals surface area (Å²) in [7, 11) is 3.76. The molecule has 0 unspecified atom stereocenters. The van der Waals surface area contributed by atoms with Crippen LogP contribution in [-0.4, -0.2) is 28.6 Å². The second-order valence-electron chi connectivity index (χ2n) is 3.89. The molecular weight excluding hydrogens is 216 g/mol. The number of nitriles is 1. The lowest BCUT2D eigenvalue weighted by atomic mass is 10.1. The van der Waals surface area contributed by atoms with Gasteiger partial charge >= 0.3 is 0 Å². The third-order valence-corrected chi connectivity index (χ3v) is 2.39. The molecule has 0 aliphatic carbocycles. The Labute approximate surface area is 98.2 Å². The first-order valence-electron chi connectivity index (χ1n) is 5.11. The number of fused-ring (bicyclic) bond motifs is 1. The number of hydrogen-bond donors (Lipinski definition) is 1. The van der Waals surface area contributed by atoms with Crippen molar-refractivity contribution in [3.05, 3.63) is 46.0 Å². The first-order chi connectivity index (χ1) is 8.13. The van der Waals surface area contributed by atoms with E-state index in [0.29, 0.717) is 5.56 Å². The fraction of sp³-hybridized carbons (Fsp3) is 0.167. The molecule has 0 aromatic carbocycles. The van der Waals surface area contributed by atoms with Gasteiger partial charge in [-0.1, -0.05) is 0 Å². The van der Waals surface area contributed by atoms with Gasteiger partial charge in [0.15, 0.2) is 0 Å². The van der Waals surface area contributed by atoms with Crippen LogP contribution in [0.25, 0.3) is 11.6 Å². The van der Waals surface area contributed by atoms with Crippen molar-refractivity contribution in [1.82, 2.24) is 14.5 Å². The molecule has 2 rings (SSSR count). The number of pyridine rings is 1. The Morgan fingerprint density at radius 1 is 1.53 bits per heavy atom. The molecule has 5 heteroatoms. The van der Waals surface area contributed by atoms with Crippen molar-refractivity contribution in [3.8, 4) is 6.07 Å². The molecule has 0 aliphatic heterocycles. The molecule has 1 N–H and O–H groups in total. The van der Waals surface area contributed by atoms with Gasteiger partial charge in [-0.2, -0.15) is 5.26 Å². The van der Waals surface area contributed by atoms with Gasteiger partial charge in [-0.25, -0.2) is 4.52 Å². The molecule has 5 nitrogen and oxygen atoms in total. The van der Waals surface area contributed by atoms with Crippen LogP contribution in [0.1, 0.15) is 11.1 Å². The van der Waals surface area contributed by atoms with Crippen molar-refractivity contribution in [3.63, 3.8) is 0 Å². The summed E-state index contributed by atoms with van der Waals surface area (Å²) in [6, 6.07) is 5.54. The molecule has 2 aromatic heterocycles.